The van der Waals surface area contributed by atoms with E-state index in [-0.39, 0.29) is 17.3 Å². The van der Waals surface area contributed by atoms with Gasteiger partial charge in [-0.05, 0) is 67.7 Å². The van der Waals surface area contributed by atoms with E-state index in [0.29, 0.717) is 5.69 Å². The van der Waals surface area contributed by atoms with Gasteiger partial charge < -0.3 is 5.32 Å². The molecule has 2 N–H and O–H groups in total. The summed E-state index contributed by atoms with van der Waals surface area (Å²) in [6.07, 6.45) is 5.03. The van der Waals surface area contributed by atoms with Gasteiger partial charge in [0.15, 0.2) is 11.6 Å². The second-order valence-electron chi connectivity index (χ2n) is 8.08. The van der Waals surface area contributed by atoms with Crippen LogP contribution in [0.5, 0.6) is 0 Å². The molecule has 1 saturated heterocycles. The summed E-state index contributed by atoms with van der Waals surface area (Å²) < 4.78 is 27.1. The number of anilines is 2. The zero-order valence-corrected chi connectivity index (χ0v) is 19.1. The molecule has 0 aliphatic carbocycles. The summed E-state index contributed by atoms with van der Waals surface area (Å²) in [6, 6.07) is 14.8. The second-order valence-corrected chi connectivity index (χ2v) is 8.49. The Morgan fingerprint density at radius 3 is 2.65 bits per heavy atom. The van der Waals surface area contributed by atoms with Gasteiger partial charge in [-0.1, -0.05) is 35.9 Å². The number of pyridine rings is 1. The summed E-state index contributed by atoms with van der Waals surface area (Å²) in [5, 5.41) is 7.62. The van der Waals surface area contributed by atoms with Gasteiger partial charge >= 0.3 is 0 Å². The highest BCUT2D eigenvalue weighted by Gasteiger charge is 2.19. The van der Waals surface area contributed by atoms with Crippen molar-refractivity contribution in [2.24, 2.45) is 11.0 Å². The first-order valence-electron chi connectivity index (χ1n) is 11.0. The van der Waals surface area contributed by atoms with Crippen molar-refractivity contribution in [2.75, 3.05) is 18.4 Å². The Morgan fingerprint density at radius 2 is 1.91 bits per heavy atom. The third-order valence-corrected chi connectivity index (χ3v) is 6.03. The number of rotatable bonds is 7. The first-order chi connectivity index (χ1) is 16.5. The van der Waals surface area contributed by atoms with E-state index in [0.717, 1.165) is 49.1 Å². The van der Waals surface area contributed by atoms with Gasteiger partial charge in [0.2, 0.25) is 0 Å². The molecule has 2 heterocycles. The Kier molecular flexibility index (Phi) is 7.82. The number of hydrogen-bond acceptors (Lipinski definition) is 5. The number of nitrogens with zero attached hydrogens (tertiary/aromatic N) is 3. The van der Waals surface area contributed by atoms with Gasteiger partial charge in [-0.3, -0.25) is 9.69 Å². The van der Waals surface area contributed by atoms with Gasteiger partial charge in [-0.2, -0.15) is 5.10 Å². The van der Waals surface area contributed by atoms with E-state index in [2.05, 4.69) is 25.7 Å². The Hall–Kier alpha value is -3.36. The molecule has 1 fully saturated rings. The predicted octanol–water partition coefficient (Wildman–Crippen LogP) is 5.38. The summed E-state index contributed by atoms with van der Waals surface area (Å²) >= 11 is 6.25. The molecule has 1 aliphatic rings. The third-order valence-electron chi connectivity index (χ3n) is 5.66. The number of halogens is 3. The fraction of sp³-hybridized carbons (Fsp3) is 0.240. The van der Waals surface area contributed by atoms with E-state index in [1.807, 2.05) is 24.3 Å². The molecule has 4 rings (SSSR count). The molecule has 1 aromatic heterocycles. The number of hydrazone groups is 1. The van der Waals surface area contributed by atoms with Crippen molar-refractivity contribution in [3.05, 3.63) is 88.7 Å². The maximum absolute atomic E-state index is 13.8. The van der Waals surface area contributed by atoms with E-state index in [9.17, 15) is 13.6 Å². The fourth-order valence-corrected chi connectivity index (χ4v) is 3.94. The first kappa shape index (κ1) is 23.8. The van der Waals surface area contributed by atoms with Crippen LogP contribution in [0.1, 0.15) is 28.9 Å². The molecule has 0 radical (unpaired) electrons. The van der Waals surface area contributed by atoms with Crippen LogP contribution < -0.4 is 10.7 Å². The Balaban J connectivity index is 1.23. The normalized spacial score (nSPS) is 14.9. The Morgan fingerprint density at radius 1 is 1.12 bits per heavy atom. The van der Waals surface area contributed by atoms with Crippen LogP contribution in [0.25, 0.3) is 0 Å². The topological polar surface area (TPSA) is 69.6 Å². The van der Waals surface area contributed by atoms with Crippen LogP contribution in [0.2, 0.25) is 5.02 Å². The number of benzene rings is 2. The molecule has 0 bridgehead atoms. The summed E-state index contributed by atoms with van der Waals surface area (Å²) in [6.45, 7) is 2.68. The molecule has 9 heteroatoms. The zero-order valence-electron chi connectivity index (χ0n) is 18.3. The molecule has 1 aliphatic heterocycles. The molecule has 2 aromatic carbocycles. The molecule has 0 unspecified atom stereocenters. The average Bonchev–Trinajstić information content (AvgIpc) is 2.85. The van der Waals surface area contributed by atoms with E-state index >= 15 is 0 Å². The van der Waals surface area contributed by atoms with Gasteiger partial charge in [0, 0.05) is 17.8 Å². The van der Waals surface area contributed by atoms with Crippen LogP contribution in [0.15, 0.2) is 65.9 Å². The van der Waals surface area contributed by atoms with Crippen molar-refractivity contribution in [2.45, 2.75) is 19.4 Å². The predicted molar refractivity (Wildman–Crippen MR) is 129 cm³/mol. The largest absolute Gasteiger partial charge is 0.352 e. The quantitative estimate of drug-likeness (QED) is 0.349. The highest BCUT2D eigenvalue weighted by atomic mass is 35.5. The minimum atomic E-state index is -0.978. The molecule has 34 heavy (non-hydrogen) atoms. The minimum Gasteiger partial charge on any atom is -0.352 e. The van der Waals surface area contributed by atoms with Gasteiger partial charge in [0.1, 0.15) is 5.69 Å². The number of aromatic nitrogens is 1. The number of piperidine rings is 1. The summed E-state index contributed by atoms with van der Waals surface area (Å²) in [5.41, 5.74) is 4.20. The van der Waals surface area contributed by atoms with Gasteiger partial charge in [-0.15, -0.1) is 0 Å². The van der Waals surface area contributed by atoms with Crippen molar-refractivity contribution < 1.29 is 13.6 Å². The molecule has 0 spiro atoms. The third kappa shape index (κ3) is 6.15. The van der Waals surface area contributed by atoms with Crippen LogP contribution >= 0.6 is 11.6 Å². The van der Waals surface area contributed by atoms with Crippen LogP contribution in [0.3, 0.4) is 0 Å². The first-order valence-corrected chi connectivity index (χ1v) is 11.3. The lowest BCUT2D eigenvalue weighted by Crippen LogP contribution is -2.34. The number of hydrogen-bond donors (Lipinski definition) is 2. The molecule has 0 atom stereocenters. The highest BCUT2D eigenvalue weighted by Crippen LogP contribution is 2.22. The molecular weight excluding hydrogens is 460 g/mol. The molecule has 3 aromatic rings. The van der Waals surface area contributed by atoms with E-state index in [1.54, 1.807) is 12.3 Å². The van der Waals surface area contributed by atoms with Gasteiger partial charge in [0.05, 0.1) is 17.6 Å². The maximum atomic E-state index is 13.8. The molecule has 6 nitrogen and oxygen atoms in total. The average molecular weight is 484 g/mol. The Labute approximate surface area is 201 Å². The zero-order chi connectivity index (χ0) is 23.9. The van der Waals surface area contributed by atoms with Crippen molar-refractivity contribution in [1.29, 1.82) is 0 Å². The number of nitrogens with one attached hydrogen (secondary N) is 2. The lowest BCUT2D eigenvalue weighted by atomic mass is 9.98. The maximum Gasteiger partial charge on any atom is 0.289 e. The SMILES string of the molecule is O=C(N/N=C/C1CCN(Cc2ccccc2Cl)CC1)c1ccc(Nc2cccc(F)c2F)cn1. The molecule has 176 valence electrons. The lowest BCUT2D eigenvalue weighted by Gasteiger charge is -2.30. The monoisotopic (exact) mass is 483 g/mol. The van der Waals surface area contributed by atoms with Crippen molar-refractivity contribution in [3.63, 3.8) is 0 Å². The summed E-state index contributed by atoms with van der Waals surface area (Å²) in [5.74, 6) is -2.09. The van der Waals surface area contributed by atoms with Crippen molar-refractivity contribution >= 4 is 35.1 Å². The Bertz CT molecular complexity index is 1160. The number of likely N-dealkylation sites (tertiary alicyclic amines) is 1. The molecule has 1 amide bonds. The second kappa shape index (κ2) is 11.2. The van der Waals surface area contributed by atoms with E-state index in [1.165, 1.54) is 24.4 Å². The van der Waals surface area contributed by atoms with Gasteiger partial charge in [-0.25, -0.2) is 19.2 Å². The molecular formula is C25H24ClF2N5O. The van der Waals surface area contributed by atoms with Crippen LogP contribution in [-0.2, 0) is 6.54 Å². The lowest BCUT2D eigenvalue weighted by molar-refractivity contribution is 0.0950. The van der Waals surface area contributed by atoms with Crippen LogP contribution in [-0.4, -0.2) is 35.1 Å². The van der Waals surface area contributed by atoms with Crippen LogP contribution in [0, 0.1) is 17.6 Å². The van der Waals surface area contributed by atoms with E-state index in [4.69, 9.17) is 11.6 Å². The number of carbonyl (C=O) groups excluding carboxylic acids is 1. The standard InChI is InChI=1S/C25H24ClF2N5O/c26-20-5-2-1-4-18(20)16-33-12-10-17(11-13-33)14-30-32-25(34)23-9-8-19(15-29-23)31-22-7-3-6-21(27)24(22)28/h1-9,14-15,17,31H,10-13,16H2,(H,32,34)/b30-14+. The fourth-order valence-electron chi connectivity index (χ4n) is 3.74. The van der Waals surface area contributed by atoms with E-state index < -0.39 is 17.5 Å². The number of carbonyl (C=O) groups is 1. The smallest absolute Gasteiger partial charge is 0.289 e. The number of amides is 1. The highest BCUT2D eigenvalue weighted by molar-refractivity contribution is 6.31. The van der Waals surface area contributed by atoms with Crippen LogP contribution in [0.4, 0.5) is 20.2 Å². The minimum absolute atomic E-state index is 0.0125. The summed E-state index contributed by atoms with van der Waals surface area (Å²) in [4.78, 5) is 18.7. The van der Waals surface area contributed by atoms with Crippen molar-refractivity contribution in [1.82, 2.24) is 15.3 Å². The van der Waals surface area contributed by atoms with Gasteiger partial charge in [0.25, 0.3) is 5.91 Å². The summed E-state index contributed by atoms with van der Waals surface area (Å²) in [7, 11) is 0. The molecule has 0 saturated carbocycles. The van der Waals surface area contributed by atoms with Crippen molar-refractivity contribution in [3.8, 4) is 0 Å².